The molecule has 5 heterocycles. The number of carbonyl (C=O) groups is 4. The second-order valence-electron chi connectivity index (χ2n) is 13.9. The molecular weight excluding hydrogens is 668 g/mol. The van der Waals surface area contributed by atoms with Crippen LogP contribution in [0.15, 0.2) is 48.8 Å². The van der Waals surface area contributed by atoms with Crippen molar-refractivity contribution in [3.05, 3.63) is 60.4 Å². The fraction of sp³-hybridized carbons (Fsp3) is 0.389. The van der Waals surface area contributed by atoms with Crippen molar-refractivity contribution in [2.75, 3.05) is 27.3 Å². The Morgan fingerprint density at radius 2 is 1.35 bits per heavy atom. The Labute approximate surface area is 296 Å². The molecular formula is C36H36N10O6. The number of hydrogen-bond donors (Lipinski definition) is 4. The van der Waals surface area contributed by atoms with Gasteiger partial charge in [-0.15, -0.1) is 0 Å². The molecule has 2 aliphatic carbocycles. The van der Waals surface area contributed by atoms with Crippen LogP contribution < -0.4 is 10.6 Å². The van der Waals surface area contributed by atoms with Crippen LogP contribution in [0.4, 0.5) is 9.59 Å². The highest BCUT2D eigenvalue weighted by Gasteiger charge is 2.56. The van der Waals surface area contributed by atoms with E-state index in [2.05, 4.69) is 35.1 Å². The van der Waals surface area contributed by atoms with E-state index in [0.717, 1.165) is 70.4 Å². The lowest BCUT2D eigenvalue weighted by molar-refractivity contribution is -0.133. The molecule has 5 aromatic rings. The Balaban J connectivity index is 0.911. The summed E-state index contributed by atoms with van der Waals surface area (Å²) >= 11 is 0. The van der Waals surface area contributed by atoms with Crippen molar-refractivity contribution in [3.8, 4) is 22.5 Å². The van der Waals surface area contributed by atoms with E-state index in [9.17, 15) is 19.2 Å². The first-order valence-corrected chi connectivity index (χ1v) is 17.4. The van der Waals surface area contributed by atoms with Gasteiger partial charge in [-0.25, -0.2) is 24.5 Å². The highest BCUT2D eigenvalue weighted by Crippen LogP contribution is 2.54. The van der Waals surface area contributed by atoms with Gasteiger partial charge in [-0.3, -0.25) is 14.6 Å². The number of carbonyl (C=O) groups excluding carboxylic acids is 4. The molecule has 4 amide bonds. The Kier molecular flexibility index (Phi) is 7.55. The smallest absolute Gasteiger partial charge is 0.407 e. The number of aromatic nitrogens is 6. The van der Waals surface area contributed by atoms with Gasteiger partial charge >= 0.3 is 12.2 Å². The highest BCUT2D eigenvalue weighted by atomic mass is 16.5. The number of nitrogens with zero attached hydrogens (tertiary/aromatic N) is 6. The van der Waals surface area contributed by atoms with E-state index >= 15 is 0 Å². The summed E-state index contributed by atoms with van der Waals surface area (Å²) in [6.07, 6.45) is 5.85. The van der Waals surface area contributed by atoms with Gasteiger partial charge in [-0.2, -0.15) is 0 Å². The number of benzene rings is 2. The van der Waals surface area contributed by atoms with Gasteiger partial charge in [0.1, 0.15) is 24.7 Å². The quantitative estimate of drug-likeness (QED) is 0.185. The van der Waals surface area contributed by atoms with Crippen LogP contribution in [0.2, 0.25) is 0 Å². The Morgan fingerprint density at radius 1 is 0.712 bits per heavy atom. The maximum absolute atomic E-state index is 13.1. The molecule has 2 saturated carbocycles. The number of hydrogen-bond acceptors (Lipinski definition) is 10. The maximum Gasteiger partial charge on any atom is 0.407 e. The zero-order chi connectivity index (χ0) is 35.7. The Morgan fingerprint density at radius 3 is 2.02 bits per heavy atom. The van der Waals surface area contributed by atoms with Gasteiger partial charge in [-0.05, 0) is 61.8 Å². The van der Waals surface area contributed by atoms with Gasteiger partial charge in [0.2, 0.25) is 11.8 Å². The van der Waals surface area contributed by atoms with E-state index in [1.165, 1.54) is 14.2 Å². The second kappa shape index (κ2) is 12.3. The number of ether oxygens (including phenoxy) is 2. The molecule has 52 heavy (non-hydrogen) atoms. The van der Waals surface area contributed by atoms with Gasteiger partial charge in [0, 0.05) is 23.2 Å². The zero-order valence-electron chi connectivity index (χ0n) is 28.5. The first kappa shape index (κ1) is 31.9. The molecule has 4 aliphatic rings. The van der Waals surface area contributed by atoms with Gasteiger partial charge < -0.3 is 39.9 Å². The molecule has 4 fully saturated rings. The summed E-state index contributed by atoms with van der Waals surface area (Å²) in [4.78, 5) is 78.9. The number of aromatic amines is 2. The van der Waals surface area contributed by atoms with Crippen molar-refractivity contribution in [3.63, 3.8) is 0 Å². The minimum absolute atomic E-state index is 0.122. The summed E-state index contributed by atoms with van der Waals surface area (Å²) in [6, 6.07) is 11.7. The van der Waals surface area contributed by atoms with Crippen molar-refractivity contribution in [2.45, 2.75) is 49.9 Å². The van der Waals surface area contributed by atoms with Crippen LogP contribution in [0, 0.1) is 11.8 Å². The molecule has 2 aliphatic heterocycles. The third-order valence-electron chi connectivity index (χ3n) is 10.8. The van der Waals surface area contributed by atoms with Crippen LogP contribution in [-0.2, 0) is 19.1 Å². The molecule has 0 bridgehead atoms. The minimum Gasteiger partial charge on any atom is -0.453 e. The van der Waals surface area contributed by atoms with Crippen LogP contribution in [-0.4, -0.2) is 103 Å². The molecule has 3 aromatic heterocycles. The van der Waals surface area contributed by atoms with Crippen molar-refractivity contribution < 1.29 is 28.7 Å². The van der Waals surface area contributed by atoms with Crippen molar-refractivity contribution in [1.29, 1.82) is 0 Å². The number of likely N-dealkylation sites (tertiary alicyclic amines) is 2. The highest BCUT2D eigenvalue weighted by molar-refractivity contribution is 5.86. The van der Waals surface area contributed by atoms with Crippen LogP contribution in [0.3, 0.4) is 0 Å². The van der Waals surface area contributed by atoms with E-state index < -0.39 is 12.2 Å². The number of alkyl carbamates (subject to hydrolysis) is 2. The summed E-state index contributed by atoms with van der Waals surface area (Å²) in [5.74, 6) is 2.03. The molecule has 0 unspecified atom stereocenters. The molecule has 16 heteroatoms. The van der Waals surface area contributed by atoms with Gasteiger partial charge in [0.25, 0.3) is 0 Å². The molecule has 0 spiro atoms. The first-order valence-electron chi connectivity index (χ1n) is 17.4. The van der Waals surface area contributed by atoms with Crippen LogP contribution in [0.1, 0.15) is 49.4 Å². The summed E-state index contributed by atoms with van der Waals surface area (Å²) in [5, 5.41) is 4.99. The predicted molar refractivity (Wildman–Crippen MR) is 185 cm³/mol. The van der Waals surface area contributed by atoms with Gasteiger partial charge in [-0.1, -0.05) is 12.1 Å². The van der Waals surface area contributed by atoms with Gasteiger partial charge in [0.15, 0.2) is 0 Å². The molecule has 4 N–H and O–H groups in total. The van der Waals surface area contributed by atoms with Crippen LogP contribution in [0.25, 0.3) is 44.6 Å². The Hall–Kier alpha value is -6.06. The van der Waals surface area contributed by atoms with E-state index in [0.29, 0.717) is 23.4 Å². The first-order chi connectivity index (χ1) is 25.3. The Bertz CT molecular complexity index is 2270. The van der Waals surface area contributed by atoms with Crippen LogP contribution >= 0.6 is 0 Å². The summed E-state index contributed by atoms with van der Waals surface area (Å²) in [6.45, 7) is -0.244. The van der Waals surface area contributed by atoms with E-state index in [1.807, 2.05) is 46.2 Å². The molecule has 0 radical (unpaired) electrons. The van der Waals surface area contributed by atoms with Crippen molar-refractivity contribution in [2.24, 2.45) is 11.8 Å². The standard InChI is InChI=1S/C36H36N10O6/c1-51-35(49)39-15-31(47)45-27-9-19(27)11-29(45)33-38-14-26(44-33)17-3-5-21-23(7-17)37-13-25(41-21)18-4-6-22-24(8-18)43-34(42-22)30-12-20-10-28(20)46(30)32(48)16-40-36(50)52-2/h3-8,13-14,19-20,27-30H,9-12,15-16H2,1-2H3,(H,38,44)(H,39,49)(H,40,50)(H,42,43)/t19-,20-,27-,28-,29+,30+/m1/s1. The molecule has 266 valence electrons. The lowest BCUT2D eigenvalue weighted by atomic mass is 10.1. The monoisotopic (exact) mass is 704 g/mol. The third kappa shape index (κ3) is 5.63. The average molecular weight is 705 g/mol. The van der Waals surface area contributed by atoms with Crippen molar-refractivity contribution >= 4 is 46.1 Å². The normalized spacial score (nSPS) is 24.0. The number of H-pyrrole nitrogens is 2. The topological polar surface area (TPSA) is 200 Å². The van der Waals surface area contributed by atoms with E-state index in [4.69, 9.17) is 15.0 Å². The average Bonchev–Trinajstić information content (AvgIpc) is 3.79. The predicted octanol–water partition coefficient (Wildman–Crippen LogP) is 3.60. The largest absolute Gasteiger partial charge is 0.453 e. The lowest BCUT2D eigenvalue weighted by Crippen LogP contribution is -2.41. The van der Waals surface area contributed by atoms with E-state index in [1.54, 1.807) is 12.4 Å². The number of nitrogens with one attached hydrogen (secondary N) is 4. The second-order valence-corrected chi connectivity index (χ2v) is 13.9. The molecule has 2 aromatic carbocycles. The van der Waals surface area contributed by atoms with Gasteiger partial charge in [0.05, 0.1) is 72.2 Å². The number of methoxy groups -OCH3 is 2. The van der Waals surface area contributed by atoms with Crippen molar-refractivity contribution in [1.82, 2.24) is 50.3 Å². The number of rotatable bonds is 8. The number of piperidine rings is 2. The SMILES string of the molecule is COC(=O)NCC(=O)N1[C@@H]2C[C@@H]2C[C@H]1c1ncc(-c2ccc3nc(-c4ccc5nc([C@@H]6C[C@H]7C[C@H]7N6C(=O)CNC(=O)OC)[nH]c5c4)cnc3c2)[nH]1. The maximum atomic E-state index is 13.1. The number of imidazole rings is 2. The fourth-order valence-electron chi connectivity index (χ4n) is 8.06. The third-order valence-corrected chi connectivity index (χ3v) is 10.8. The van der Waals surface area contributed by atoms with E-state index in [-0.39, 0.29) is 49.1 Å². The molecule has 16 nitrogen and oxygen atoms in total. The number of fused-ring (bicyclic) bond motifs is 4. The molecule has 2 saturated heterocycles. The minimum atomic E-state index is -0.636. The molecule has 9 rings (SSSR count). The van der Waals surface area contributed by atoms with Crippen LogP contribution in [0.5, 0.6) is 0 Å². The lowest BCUT2D eigenvalue weighted by Gasteiger charge is -2.26. The summed E-state index contributed by atoms with van der Waals surface area (Å²) in [5.41, 5.74) is 6.37. The number of amides is 4. The fourth-order valence-corrected chi connectivity index (χ4v) is 8.06. The zero-order valence-corrected chi connectivity index (χ0v) is 28.5. The molecule has 6 atom stereocenters. The summed E-state index contributed by atoms with van der Waals surface area (Å²) < 4.78 is 9.22. The summed E-state index contributed by atoms with van der Waals surface area (Å²) in [7, 11) is 2.54.